The summed E-state index contributed by atoms with van der Waals surface area (Å²) in [4.78, 5) is 1.93. The topological polar surface area (TPSA) is 47.5 Å². The molecule has 1 aliphatic rings. The van der Waals surface area contributed by atoms with Crippen molar-refractivity contribution in [1.82, 2.24) is 10.2 Å². The van der Waals surface area contributed by atoms with Crippen molar-refractivity contribution in [3.63, 3.8) is 0 Å². The second-order valence-corrected chi connectivity index (χ2v) is 5.85. The fourth-order valence-corrected chi connectivity index (χ4v) is 2.95. The van der Waals surface area contributed by atoms with Gasteiger partial charge in [-0.15, -0.1) is 10.2 Å². The summed E-state index contributed by atoms with van der Waals surface area (Å²) in [6, 6.07) is 8.04. The molecule has 25 heavy (non-hydrogen) atoms. The second-order valence-electron chi connectivity index (χ2n) is 5.85. The van der Waals surface area contributed by atoms with Gasteiger partial charge in [0.2, 0.25) is 0 Å². The van der Waals surface area contributed by atoms with E-state index >= 15 is 0 Å². The van der Waals surface area contributed by atoms with Gasteiger partial charge in [0.25, 0.3) is 0 Å². The summed E-state index contributed by atoms with van der Waals surface area (Å²) >= 11 is 0. The Morgan fingerprint density at radius 3 is 2.24 bits per heavy atom. The molecule has 0 N–H and O–H groups in total. The van der Waals surface area contributed by atoms with Gasteiger partial charge in [-0.2, -0.15) is 13.2 Å². The first-order chi connectivity index (χ1) is 11.9. The predicted octanol–water partition coefficient (Wildman–Crippen LogP) is 3.51. The summed E-state index contributed by atoms with van der Waals surface area (Å²) in [6.45, 7) is 1.35. The number of anilines is 1. The lowest BCUT2D eigenvalue weighted by atomic mass is 9.98. The van der Waals surface area contributed by atoms with Crippen molar-refractivity contribution in [2.45, 2.75) is 18.5 Å². The van der Waals surface area contributed by atoms with Gasteiger partial charge in [0, 0.05) is 25.1 Å². The van der Waals surface area contributed by atoms with E-state index in [0.29, 0.717) is 30.4 Å². The number of aromatic nitrogens is 2. The van der Waals surface area contributed by atoms with E-state index in [0.717, 1.165) is 18.1 Å². The third-order valence-corrected chi connectivity index (χ3v) is 4.30. The zero-order valence-corrected chi connectivity index (χ0v) is 13.9. The maximum atomic E-state index is 12.6. The maximum absolute atomic E-state index is 12.6. The minimum absolute atomic E-state index is 0.216. The summed E-state index contributed by atoms with van der Waals surface area (Å²) in [5.41, 5.74) is 0.0862. The van der Waals surface area contributed by atoms with Gasteiger partial charge < -0.3 is 14.4 Å². The van der Waals surface area contributed by atoms with Crippen molar-refractivity contribution in [1.29, 1.82) is 0 Å². The average Bonchev–Trinajstić information content (AvgIpc) is 3.10. The van der Waals surface area contributed by atoms with Gasteiger partial charge in [-0.1, -0.05) is 0 Å². The standard InChI is InChI=1S/C17H18F3N3O2/c1-24-13-7-12(8-14(9-13)25-2)11-5-6-23(10-11)16-4-3-15(21-22-16)17(18,19)20/h3-4,7-9,11H,5-6,10H2,1-2H3. The van der Waals surface area contributed by atoms with E-state index in [9.17, 15) is 13.2 Å². The van der Waals surface area contributed by atoms with Crippen LogP contribution in [0, 0.1) is 0 Å². The number of benzene rings is 1. The average molecular weight is 353 g/mol. The number of ether oxygens (including phenoxy) is 2. The van der Waals surface area contributed by atoms with Crippen LogP contribution in [0.3, 0.4) is 0 Å². The Labute approximate surface area is 143 Å². The smallest absolute Gasteiger partial charge is 0.435 e. The molecule has 1 atom stereocenters. The van der Waals surface area contributed by atoms with Crippen molar-refractivity contribution in [2.24, 2.45) is 0 Å². The molecule has 5 nitrogen and oxygen atoms in total. The van der Waals surface area contributed by atoms with Crippen LogP contribution < -0.4 is 14.4 Å². The molecule has 2 aromatic rings. The Bertz CT molecular complexity index is 713. The van der Waals surface area contributed by atoms with Crippen LogP contribution in [0.25, 0.3) is 0 Å². The van der Waals surface area contributed by atoms with Crippen molar-refractivity contribution >= 4 is 5.82 Å². The van der Waals surface area contributed by atoms with Gasteiger partial charge in [0.05, 0.1) is 14.2 Å². The Morgan fingerprint density at radius 2 is 1.72 bits per heavy atom. The van der Waals surface area contributed by atoms with Crippen LogP contribution >= 0.6 is 0 Å². The van der Waals surface area contributed by atoms with E-state index in [1.54, 1.807) is 20.3 Å². The van der Waals surface area contributed by atoms with Crippen LogP contribution in [0.4, 0.5) is 19.0 Å². The molecule has 0 saturated carbocycles. The van der Waals surface area contributed by atoms with Gasteiger partial charge in [0.1, 0.15) is 11.5 Å². The number of hydrogen-bond acceptors (Lipinski definition) is 5. The molecule has 0 spiro atoms. The molecule has 3 rings (SSSR count). The van der Waals surface area contributed by atoms with E-state index in [2.05, 4.69) is 10.2 Å². The first-order valence-electron chi connectivity index (χ1n) is 7.79. The lowest BCUT2D eigenvalue weighted by Crippen LogP contribution is -2.21. The van der Waals surface area contributed by atoms with Crippen molar-refractivity contribution in [3.05, 3.63) is 41.6 Å². The number of rotatable bonds is 4. The van der Waals surface area contributed by atoms with Gasteiger partial charge in [-0.05, 0) is 36.2 Å². The van der Waals surface area contributed by atoms with E-state index in [4.69, 9.17) is 9.47 Å². The maximum Gasteiger partial charge on any atom is 0.435 e. The first kappa shape index (κ1) is 17.3. The molecule has 0 aliphatic carbocycles. The summed E-state index contributed by atoms with van der Waals surface area (Å²) in [6.07, 6.45) is -3.62. The zero-order chi connectivity index (χ0) is 18.0. The highest BCUT2D eigenvalue weighted by atomic mass is 19.4. The summed E-state index contributed by atoms with van der Waals surface area (Å²) in [5.74, 6) is 2.09. The molecule has 1 fully saturated rings. The minimum atomic E-state index is -4.48. The van der Waals surface area contributed by atoms with Crippen LogP contribution in [0.15, 0.2) is 30.3 Å². The number of hydrogen-bond donors (Lipinski definition) is 0. The number of alkyl halides is 3. The van der Waals surface area contributed by atoms with Gasteiger partial charge in [-0.25, -0.2) is 0 Å². The first-order valence-corrected chi connectivity index (χ1v) is 7.79. The lowest BCUT2D eigenvalue weighted by molar-refractivity contribution is -0.141. The van der Waals surface area contributed by atoms with Crippen LogP contribution in [0.5, 0.6) is 11.5 Å². The molecule has 1 saturated heterocycles. The molecule has 2 heterocycles. The molecule has 1 aromatic heterocycles. The molecule has 134 valence electrons. The lowest BCUT2D eigenvalue weighted by Gasteiger charge is -2.18. The van der Waals surface area contributed by atoms with Crippen molar-refractivity contribution in [3.8, 4) is 11.5 Å². The molecule has 1 aromatic carbocycles. The molecular formula is C17H18F3N3O2. The molecule has 0 amide bonds. The number of nitrogens with zero attached hydrogens (tertiary/aromatic N) is 3. The van der Waals surface area contributed by atoms with Crippen LogP contribution in [0.1, 0.15) is 23.6 Å². The Hall–Kier alpha value is -2.51. The Balaban J connectivity index is 1.75. The molecular weight excluding hydrogens is 335 g/mol. The van der Waals surface area contributed by atoms with Crippen LogP contribution in [-0.4, -0.2) is 37.5 Å². The fraction of sp³-hybridized carbons (Fsp3) is 0.412. The molecule has 1 aliphatic heterocycles. The highest BCUT2D eigenvalue weighted by molar-refractivity contribution is 5.44. The summed E-state index contributed by atoms with van der Waals surface area (Å²) in [5, 5.41) is 7.02. The Morgan fingerprint density at radius 1 is 1.04 bits per heavy atom. The van der Waals surface area contributed by atoms with Crippen LogP contribution in [0.2, 0.25) is 0 Å². The SMILES string of the molecule is COc1cc(OC)cc(C2CCN(c3ccc(C(F)(F)F)nn3)C2)c1. The van der Waals surface area contributed by atoms with Crippen molar-refractivity contribution < 1.29 is 22.6 Å². The monoisotopic (exact) mass is 353 g/mol. The van der Waals surface area contributed by atoms with Gasteiger partial charge >= 0.3 is 6.18 Å². The summed E-state index contributed by atoms with van der Waals surface area (Å²) < 4.78 is 48.3. The number of halogens is 3. The van der Waals surface area contributed by atoms with E-state index < -0.39 is 11.9 Å². The van der Waals surface area contributed by atoms with E-state index in [1.165, 1.54) is 6.07 Å². The fourth-order valence-electron chi connectivity index (χ4n) is 2.95. The zero-order valence-electron chi connectivity index (χ0n) is 13.9. The molecule has 0 radical (unpaired) electrons. The van der Waals surface area contributed by atoms with Gasteiger partial charge in [0.15, 0.2) is 11.5 Å². The normalized spacial score (nSPS) is 17.6. The largest absolute Gasteiger partial charge is 0.497 e. The molecule has 0 bridgehead atoms. The van der Waals surface area contributed by atoms with E-state index in [-0.39, 0.29) is 5.92 Å². The van der Waals surface area contributed by atoms with Crippen molar-refractivity contribution in [2.75, 3.05) is 32.2 Å². The van der Waals surface area contributed by atoms with Crippen LogP contribution in [-0.2, 0) is 6.18 Å². The van der Waals surface area contributed by atoms with E-state index in [1.807, 2.05) is 17.0 Å². The van der Waals surface area contributed by atoms with Gasteiger partial charge in [-0.3, -0.25) is 0 Å². The highest BCUT2D eigenvalue weighted by Crippen LogP contribution is 2.34. The molecule has 1 unspecified atom stereocenters. The second kappa shape index (κ2) is 6.78. The number of methoxy groups -OCH3 is 2. The quantitative estimate of drug-likeness (QED) is 0.842. The predicted molar refractivity (Wildman–Crippen MR) is 86.2 cm³/mol. The summed E-state index contributed by atoms with van der Waals surface area (Å²) in [7, 11) is 3.19. The molecule has 8 heteroatoms. The minimum Gasteiger partial charge on any atom is -0.497 e. The highest BCUT2D eigenvalue weighted by Gasteiger charge is 2.33. The third-order valence-electron chi connectivity index (χ3n) is 4.30. The third kappa shape index (κ3) is 3.78. The Kier molecular flexibility index (Phi) is 4.69.